The SMILES string of the molecule is CCOC(=O)c1ccc(NS(=O)(=O)c2ccc(NC(=O)c3ccc(Cl)cc3)c(F)c2)cc1. The number of esters is 1. The third kappa shape index (κ3) is 5.63. The Labute approximate surface area is 189 Å². The van der Waals surface area contributed by atoms with Crippen molar-refractivity contribution >= 4 is 44.9 Å². The molecular weight excluding hydrogens is 459 g/mol. The van der Waals surface area contributed by atoms with E-state index in [-0.39, 0.29) is 34.0 Å². The lowest BCUT2D eigenvalue weighted by atomic mass is 10.2. The van der Waals surface area contributed by atoms with Gasteiger partial charge >= 0.3 is 5.97 Å². The number of ether oxygens (including phenoxy) is 1. The normalized spacial score (nSPS) is 11.0. The largest absolute Gasteiger partial charge is 0.462 e. The van der Waals surface area contributed by atoms with Crippen LogP contribution in [0, 0.1) is 5.82 Å². The van der Waals surface area contributed by atoms with Gasteiger partial charge in [0.05, 0.1) is 22.8 Å². The molecule has 3 aromatic rings. The molecule has 0 aliphatic carbocycles. The fourth-order valence-electron chi connectivity index (χ4n) is 2.66. The van der Waals surface area contributed by atoms with Gasteiger partial charge in [-0.25, -0.2) is 17.6 Å². The van der Waals surface area contributed by atoms with Crippen LogP contribution in [0.5, 0.6) is 0 Å². The molecule has 1 amide bonds. The van der Waals surface area contributed by atoms with Crippen molar-refractivity contribution in [2.45, 2.75) is 11.8 Å². The van der Waals surface area contributed by atoms with Gasteiger partial charge in [-0.05, 0) is 73.7 Å². The zero-order valence-electron chi connectivity index (χ0n) is 16.8. The van der Waals surface area contributed by atoms with E-state index in [1.54, 1.807) is 6.92 Å². The van der Waals surface area contributed by atoms with Crippen molar-refractivity contribution in [2.24, 2.45) is 0 Å². The Bertz CT molecular complexity index is 1250. The minimum atomic E-state index is -4.11. The van der Waals surface area contributed by atoms with Crippen LogP contribution < -0.4 is 10.0 Å². The number of halogens is 2. The summed E-state index contributed by atoms with van der Waals surface area (Å²) in [6.45, 7) is 1.89. The summed E-state index contributed by atoms with van der Waals surface area (Å²) >= 11 is 5.78. The summed E-state index contributed by atoms with van der Waals surface area (Å²) in [5.41, 5.74) is 0.529. The molecule has 32 heavy (non-hydrogen) atoms. The van der Waals surface area contributed by atoms with Gasteiger partial charge in [0.2, 0.25) is 0 Å². The van der Waals surface area contributed by atoms with Crippen LogP contribution in [0.4, 0.5) is 15.8 Å². The lowest BCUT2D eigenvalue weighted by molar-refractivity contribution is 0.0526. The minimum Gasteiger partial charge on any atom is -0.462 e. The zero-order chi connectivity index (χ0) is 23.3. The fourth-order valence-corrected chi connectivity index (χ4v) is 3.86. The molecule has 0 spiro atoms. The van der Waals surface area contributed by atoms with E-state index in [4.69, 9.17) is 16.3 Å². The molecule has 7 nitrogen and oxygen atoms in total. The molecule has 3 aromatic carbocycles. The van der Waals surface area contributed by atoms with Gasteiger partial charge in [-0.15, -0.1) is 0 Å². The van der Waals surface area contributed by atoms with Crippen LogP contribution in [0.1, 0.15) is 27.6 Å². The maximum absolute atomic E-state index is 14.5. The van der Waals surface area contributed by atoms with E-state index < -0.39 is 27.7 Å². The van der Waals surface area contributed by atoms with E-state index in [0.717, 1.165) is 18.2 Å². The number of carbonyl (C=O) groups excluding carboxylic acids is 2. The number of benzene rings is 3. The van der Waals surface area contributed by atoms with Gasteiger partial charge in [0.1, 0.15) is 5.82 Å². The van der Waals surface area contributed by atoms with Crippen LogP contribution in [-0.2, 0) is 14.8 Å². The van der Waals surface area contributed by atoms with Gasteiger partial charge in [0, 0.05) is 16.3 Å². The molecule has 0 radical (unpaired) electrons. The Balaban J connectivity index is 1.73. The number of rotatable bonds is 7. The van der Waals surface area contributed by atoms with Crippen molar-refractivity contribution in [1.82, 2.24) is 0 Å². The van der Waals surface area contributed by atoms with Gasteiger partial charge in [-0.2, -0.15) is 0 Å². The molecule has 2 N–H and O–H groups in total. The molecule has 0 aromatic heterocycles. The number of sulfonamides is 1. The first-order chi connectivity index (χ1) is 15.2. The monoisotopic (exact) mass is 476 g/mol. The summed E-state index contributed by atoms with van der Waals surface area (Å²) in [6.07, 6.45) is 0. The minimum absolute atomic E-state index is 0.178. The molecule has 0 aliphatic rings. The van der Waals surface area contributed by atoms with Crippen LogP contribution in [0.25, 0.3) is 0 Å². The molecule has 0 fully saturated rings. The predicted octanol–water partition coefficient (Wildman–Crippen LogP) is 4.71. The molecule has 0 bridgehead atoms. The zero-order valence-corrected chi connectivity index (χ0v) is 18.3. The van der Waals surface area contributed by atoms with Gasteiger partial charge in [0.25, 0.3) is 15.9 Å². The van der Waals surface area contributed by atoms with Crippen molar-refractivity contribution in [3.8, 4) is 0 Å². The van der Waals surface area contributed by atoms with E-state index >= 15 is 0 Å². The van der Waals surface area contributed by atoms with E-state index in [0.29, 0.717) is 5.02 Å². The van der Waals surface area contributed by atoms with Crippen LogP contribution in [0.3, 0.4) is 0 Å². The van der Waals surface area contributed by atoms with E-state index in [2.05, 4.69) is 10.0 Å². The summed E-state index contributed by atoms with van der Waals surface area (Å²) in [4.78, 5) is 23.6. The predicted molar refractivity (Wildman–Crippen MR) is 119 cm³/mol. The van der Waals surface area contributed by atoms with Crippen molar-refractivity contribution in [2.75, 3.05) is 16.6 Å². The number of carbonyl (C=O) groups is 2. The van der Waals surface area contributed by atoms with Crippen molar-refractivity contribution < 1.29 is 27.1 Å². The second kappa shape index (κ2) is 9.80. The Morgan fingerprint density at radius 1 is 0.969 bits per heavy atom. The quantitative estimate of drug-likeness (QED) is 0.481. The number of nitrogens with one attached hydrogen (secondary N) is 2. The van der Waals surface area contributed by atoms with Gasteiger partial charge < -0.3 is 10.1 Å². The first kappa shape index (κ1) is 23.2. The van der Waals surface area contributed by atoms with Crippen LogP contribution in [-0.4, -0.2) is 26.9 Å². The first-order valence-corrected chi connectivity index (χ1v) is 11.2. The first-order valence-electron chi connectivity index (χ1n) is 9.36. The molecule has 166 valence electrons. The van der Waals surface area contributed by atoms with Gasteiger partial charge in [-0.1, -0.05) is 11.6 Å². The Morgan fingerprint density at radius 3 is 2.19 bits per heavy atom. The molecule has 0 saturated heterocycles. The van der Waals surface area contributed by atoms with Gasteiger partial charge in [-0.3, -0.25) is 9.52 Å². The molecule has 3 rings (SSSR count). The molecule has 0 atom stereocenters. The maximum Gasteiger partial charge on any atom is 0.338 e. The van der Waals surface area contributed by atoms with E-state index in [9.17, 15) is 22.4 Å². The Kier molecular flexibility index (Phi) is 7.12. The number of hydrogen-bond donors (Lipinski definition) is 2. The third-order valence-electron chi connectivity index (χ3n) is 4.25. The molecular formula is C22H18ClFN2O5S. The van der Waals surface area contributed by atoms with Crippen LogP contribution in [0.2, 0.25) is 5.02 Å². The third-order valence-corrected chi connectivity index (χ3v) is 5.88. The summed E-state index contributed by atoms with van der Waals surface area (Å²) in [7, 11) is -4.11. The van der Waals surface area contributed by atoms with Crippen molar-refractivity contribution in [1.29, 1.82) is 0 Å². The average Bonchev–Trinajstić information content (AvgIpc) is 2.76. The Morgan fingerprint density at radius 2 is 1.59 bits per heavy atom. The molecule has 0 saturated carbocycles. The van der Waals surface area contributed by atoms with Gasteiger partial charge in [0.15, 0.2) is 0 Å². The summed E-state index contributed by atoms with van der Waals surface area (Å²) in [5, 5.41) is 2.83. The molecule has 0 aliphatic heterocycles. The van der Waals surface area contributed by atoms with Crippen LogP contribution >= 0.6 is 11.6 Å². The highest BCUT2D eigenvalue weighted by atomic mass is 35.5. The fraction of sp³-hybridized carbons (Fsp3) is 0.0909. The summed E-state index contributed by atoms with van der Waals surface area (Å²) in [6, 6.07) is 14.7. The summed E-state index contributed by atoms with van der Waals surface area (Å²) < 4.78 is 46.9. The average molecular weight is 477 g/mol. The lowest BCUT2D eigenvalue weighted by Crippen LogP contribution is -2.15. The number of anilines is 2. The lowest BCUT2D eigenvalue weighted by Gasteiger charge is -2.11. The highest BCUT2D eigenvalue weighted by molar-refractivity contribution is 7.92. The van der Waals surface area contributed by atoms with Crippen molar-refractivity contribution in [3.63, 3.8) is 0 Å². The smallest absolute Gasteiger partial charge is 0.338 e. The van der Waals surface area contributed by atoms with Crippen LogP contribution in [0.15, 0.2) is 71.6 Å². The Hall–Kier alpha value is -3.43. The molecule has 0 unspecified atom stereocenters. The van der Waals surface area contributed by atoms with E-state index in [1.165, 1.54) is 48.5 Å². The molecule has 10 heteroatoms. The van der Waals surface area contributed by atoms with Crippen molar-refractivity contribution in [3.05, 3.63) is 88.7 Å². The second-order valence-corrected chi connectivity index (χ2v) is 8.62. The molecule has 0 heterocycles. The van der Waals surface area contributed by atoms with E-state index in [1.807, 2.05) is 0 Å². The number of hydrogen-bond acceptors (Lipinski definition) is 5. The standard InChI is InChI=1S/C22H18ClFN2O5S/c1-2-31-22(28)15-5-9-17(10-6-15)26-32(29,30)18-11-12-20(19(24)13-18)25-21(27)14-3-7-16(23)8-4-14/h3-13,26H,2H2,1H3,(H,25,27). The second-order valence-electron chi connectivity index (χ2n) is 6.51. The highest BCUT2D eigenvalue weighted by Gasteiger charge is 2.18. The summed E-state index contributed by atoms with van der Waals surface area (Å²) in [5.74, 6) is -2.02. The highest BCUT2D eigenvalue weighted by Crippen LogP contribution is 2.22. The maximum atomic E-state index is 14.5. The topological polar surface area (TPSA) is 102 Å². The number of amides is 1.